The highest BCUT2D eigenvalue weighted by Gasteiger charge is 2.17. The lowest BCUT2D eigenvalue weighted by Crippen LogP contribution is -2.23. The molecule has 0 saturated heterocycles. The van der Waals surface area contributed by atoms with E-state index in [0.717, 1.165) is 15.8 Å². The van der Waals surface area contributed by atoms with Crippen molar-refractivity contribution in [1.29, 1.82) is 0 Å². The number of nitrogens with zero attached hydrogens (tertiary/aromatic N) is 3. The summed E-state index contributed by atoms with van der Waals surface area (Å²) in [7, 11) is 0. The van der Waals surface area contributed by atoms with Gasteiger partial charge in [-0.05, 0) is 47.9 Å². The van der Waals surface area contributed by atoms with E-state index in [1.54, 1.807) is 22.9 Å². The van der Waals surface area contributed by atoms with Crippen LogP contribution in [0.1, 0.15) is 16.7 Å². The maximum absolute atomic E-state index is 13.5. The molecule has 3 heterocycles. The van der Waals surface area contributed by atoms with Crippen molar-refractivity contribution < 1.29 is 4.39 Å². The number of thiophene rings is 1. The maximum atomic E-state index is 13.5. The Morgan fingerprint density at radius 2 is 1.87 bits per heavy atom. The summed E-state index contributed by atoms with van der Waals surface area (Å²) in [5.41, 5.74) is 3.85. The van der Waals surface area contributed by atoms with Gasteiger partial charge in [-0.15, -0.1) is 11.3 Å². The van der Waals surface area contributed by atoms with E-state index in [9.17, 15) is 9.18 Å². The average molecular weight is 448 g/mol. The second-order valence-corrected chi connectivity index (χ2v) is 9.20. The molecule has 3 aromatic heterocycles. The lowest BCUT2D eigenvalue weighted by Gasteiger charge is -2.13. The molecule has 4 nitrogen and oxygen atoms in total. The summed E-state index contributed by atoms with van der Waals surface area (Å²) in [5.74, 6) is 0.406. The third kappa shape index (κ3) is 3.86. The molecule has 0 aliphatic carbocycles. The zero-order valence-electron chi connectivity index (χ0n) is 16.7. The smallest absolute Gasteiger partial charge is 0.272 e. The Balaban J connectivity index is 1.64. The van der Waals surface area contributed by atoms with Crippen LogP contribution in [0.4, 0.5) is 4.39 Å². The number of halogens is 1. The van der Waals surface area contributed by atoms with Crippen molar-refractivity contribution in [3.8, 4) is 0 Å². The molecule has 154 valence electrons. The van der Waals surface area contributed by atoms with E-state index in [-0.39, 0.29) is 11.4 Å². The summed E-state index contributed by atoms with van der Waals surface area (Å²) in [6, 6.07) is 18.2. The molecule has 0 aliphatic rings. The molecule has 2 aromatic carbocycles. The number of fused-ring (bicyclic) bond motifs is 3. The Morgan fingerprint density at radius 3 is 2.68 bits per heavy atom. The first-order chi connectivity index (χ1) is 15.1. The van der Waals surface area contributed by atoms with Crippen LogP contribution in [0.2, 0.25) is 0 Å². The Bertz CT molecular complexity index is 1460. The van der Waals surface area contributed by atoms with Gasteiger partial charge in [0.25, 0.3) is 5.56 Å². The Hall–Kier alpha value is -3.03. The highest BCUT2D eigenvalue weighted by molar-refractivity contribution is 7.98. The lowest BCUT2D eigenvalue weighted by atomic mass is 10.1. The van der Waals surface area contributed by atoms with Crippen molar-refractivity contribution in [3.05, 3.63) is 99.7 Å². The van der Waals surface area contributed by atoms with E-state index in [1.807, 2.05) is 24.3 Å². The highest BCUT2D eigenvalue weighted by Crippen LogP contribution is 2.31. The minimum Gasteiger partial charge on any atom is -0.282 e. The number of hydrogen-bond donors (Lipinski definition) is 0. The molecule has 5 aromatic rings. The number of thioether (sulfide) groups is 1. The fourth-order valence-corrected chi connectivity index (χ4v) is 5.58. The fourth-order valence-electron chi connectivity index (χ4n) is 3.48. The van der Waals surface area contributed by atoms with Crippen molar-refractivity contribution in [1.82, 2.24) is 14.5 Å². The SMILES string of the molecule is Cc1ccccc1CSc1nc2c(sc3ncccc32)c(=O)n1Cc1ccc(F)cc1. The first kappa shape index (κ1) is 19.9. The van der Waals surface area contributed by atoms with Crippen molar-refractivity contribution in [2.75, 3.05) is 0 Å². The summed E-state index contributed by atoms with van der Waals surface area (Å²) in [6.07, 6.45) is 1.72. The van der Waals surface area contributed by atoms with Crippen molar-refractivity contribution >= 4 is 43.5 Å². The van der Waals surface area contributed by atoms with E-state index in [4.69, 9.17) is 4.98 Å². The molecule has 0 aliphatic heterocycles. The van der Waals surface area contributed by atoms with Gasteiger partial charge in [0.05, 0.1) is 12.1 Å². The molecule has 0 bridgehead atoms. The topological polar surface area (TPSA) is 47.8 Å². The average Bonchev–Trinajstić information content (AvgIpc) is 3.16. The standard InChI is InChI=1S/C24H18FN3OS2/c1-15-5-2-3-6-17(15)14-30-24-27-20-19-7-4-12-26-22(19)31-21(20)23(29)28(24)13-16-8-10-18(25)11-9-16/h2-12H,13-14H2,1H3. The molecule has 5 rings (SSSR count). The molecule has 0 atom stereocenters. The zero-order chi connectivity index (χ0) is 21.4. The van der Waals surface area contributed by atoms with Crippen LogP contribution in [0.3, 0.4) is 0 Å². The molecule has 0 radical (unpaired) electrons. The van der Waals surface area contributed by atoms with Crippen molar-refractivity contribution in [2.24, 2.45) is 0 Å². The molecule has 31 heavy (non-hydrogen) atoms. The molecule has 0 amide bonds. The fraction of sp³-hybridized carbons (Fsp3) is 0.125. The van der Waals surface area contributed by atoms with Gasteiger partial charge in [-0.2, -0.15) is 0 Å². The van der Waals surface area contributed by atoms with Crippen LogP contribution in [0.5, 0.6) is 0 Å². The van der Waals surface area contributed by atoms with Gasteiger partial charge in [-0.25, -0.2) is 14.4 Å². The van der Waals surface area contributed by atoms with Crippen LogP contribution in [-0.2, 0) is 12.3 Å². The van der Waals surface area contributed by atoms with Crippen LogP contribution >= 0.6 is 23.1 Å². The maximum Gasteiger partial charge on any atom is 0.272 e. The number of benzene rings is 2. The van der Waals surface area contributed by atoms with Gasteiger partial charge in [0, 0.05) is 17.3 Å². The lowest BCUT2D eigenvalue weighted by molar-refractivity contribution is 0.623. The minimum absolute atomic E-state index is 0.0930. The first-order valence-corrected chi connectivity index (χ1v) is 11.6. The highest BCUT2D eigenvalue weighted by atomic mass is 32.2. The molecule has 7 heteroatoms. The third-order valence-electron chi connectivity index (χ3n) is 5.19. The predicted molar refractivity (Wildman–Crippen MR) is 125 cm³/mol. The molecule has 0 N–H and O–H groups in total. The van der Waals surface area contributed by atoms with Crippen LogP contribution in [0, 0.1) is 12.7 Å². The molecule has 0 spiro atoms. The van der Waals surface area contributed by atoms with Gasteiger partial charge in [0.1, 0.15) is 15.3 Å². The molecule has 0 saturated carbocycles. The summed E-state index contributed by atoms with van der Waals surface area (Å²) >= 11 is 2.90. The largest absolute Gasteiger partial charge is 0.282 e. The van der Waals surface area contributed by atoms with E-state index in [1.165, 1.54) is 46.4 Å². The number of hydrogen-bond acceptors (Lipinski definition) is 5. The monoisotopic (exact) mass is 447 g/mol. The van der Waals surface area contributed by atoms with Gasteiger partial charge >= 0.3 is 0 Å². The summed E-state index contributed by atoms with van der Waals surface area (Å²) in [5, 5.41) is 1.54. The number of rotatable bonds is 5. The Morgan fingerprint density at radius 1 is 1.06 bits per heavy atom. The zero-order valence-corrected chi connectivity index (χ0v) is 18.3. The van der Waals surface area contributed by atoms with Crippen LogP contribution in [0.25, 0.3) is 20.4 Å². The molecular formula is C24H18FN3OS2. The number of pyridine rings is 1. The molecular weight excluding hydrogens is 429 g/mol. The van der Waals surface area contributed by atoms with Gasteiger partial charge in [0.2, 0.25) is 0 Å². The number of aromatic nitrogens is 3. The van der Waals surface area contributed by atoms with E-state index in [0.29, 0.717) is 27.7 Å². The van der Waals surface area contributed by atoms with Crippen LogP contribution < -0.4 is 5.56 Å². The Kier molecular flexibility index (Phi) is 5.29. The van der Waals surface area contributed by atoms with E-state index in [2.05, 4.69) is 24.0 Å². The van der Waals surface area contributed by atoms with Gasteiger partial charge < -0.3 is 0 Å². The van der Waals surface area contributed by atoms with Crippen molar-refractivity contribution in [3.63, 3.8) is 0 Å². The minimum atomic E-state index is -0.297. The van der Waals surface area contributed by atoms with E-state index >= 15 is 0 Å². The van der Waals surface area contributed by atoms with Crippen LogP contribution in [0.15, 0.2) is 76.8 Å². The molecule has 0 fully saturated rings. The van der Waals surface area contributed by atoms with Gasteiger partial charge in [-0.1, -0.05) is 48.2 Å². The van der Waals surface area contributed by atoms with E-state index < -0.39 is 0 Å². The Labute approximate surface area is 186 Å². The second-order valence-electron chi connectivity index (χ2n) is 7.26. The summed E-state index contributed by atoms with van der Waals surface area (Å²) in [6.45, 7) is 2.41. The third-order valence-corrected chi connectivity index (χ3v) is 7.31. The van der Waals surface area contributed by atoms with Gasteiger partial charge in [-0.3, -0.25) is 9.36 Å². The van der Waals surface area contributed by atoms with Gasteiger partial charge in [0.15, 0.2) is 5.16 Å². The molecule has 0 unspecified atom stereocenters. The predicted octanol–water partition coefficient (Wildman–Crippen LogP) is 5.79. The summed E-state index contributed by atoms with van der Waals surface area (Å²) in [4.78, 5) is 23.6. The number of aryl methyl sites for hydroxylation is 1. The second kappa shape index (κ2) is 8.24. The quantitative estimate of drug-likeness (QED) is 0.253. The normalized spacial score (nSPS) is 11.4. The summed E-state index contributed by atoms with van der Waals surface area (Å²) < 4.78 is 15.6. The van der Waals surface area contributed by atoms with Crippen molar-refractivity contribution in [2.45, 2.75) is 24.4 Å². The van der Waals surface area contributed by atoms with Crippen LogP contribution in [-0.4, -0.2) is 14.5 Å². The first-order valence-electron chi connectivity index (χ1n) is 9.80.